The van der Waals surface area contributed by atoms with Gasteiger partial charge in [-0.15, -0.1) is 0 Å². The minimum absolute atomic E-state index is 0.0590. The molecule has 0 saturated carbocycles. The molecule has 0 aliphatic carbocycles. The van der Waals surface area contributed by atoms with E-state index in [-0.39, 0.29) is 10.8 Å². The Kier molecular flexibility index (Phi) is 3.58. The van der Waals surface area contributed by atoms with E-state index in [1.54, 1.807) is 13.8 Å². The van der Waals surface area contributed by atoms with Crippen molar-refractivity contribution in [3.63, 3.8) is 0 Å². The van der Waals surface area contributed by atoms with Crippen molar-refractivity contribution in [2.45, 2.75) is 26.8 Å². The number of carbonyl (C=O) groups excluding carboxylic acids is 2. The van der Waals surface area contributed by atoms with Crippen molar-refractivity contribution in [3.8, 4) is 0 Å². The number of hydrogen-bond acceptors (Lipinski definition) is 2. The van der Waals surface area contributed by atoms with Crippen LogP contribution in [0.15, 0.2) is 30.3 Å². The maximum atomic E-state index is 11.8. The lowest BCUT2D eigenvalue weighted by molar-refractivity contribution is -0.114. The zero-order valence-corrected chi connectivity index (χ0v) is 10.4. The van der Waals surface area contributed by atoms with E-state index >= 15 is 0 Å². The van der Waals surface area contributed by atoms with E-state index in [1.165, 1.54) is 0 Å². The van der Waals surface area contributed by atoms with Crippen LogP contribution < -0.4 is 5.19 Å². The third kappa shape index (κ3) is 1.92. The van der Waals surface area contributed by atoms with Gasteiger partial charge in [-0.1, -0.05) is 37.3 Å². The molecule has 0 aromatic heterocycles. The molecule has 0 atom stereocenters. The first kappa shape index (κ1) is 11.8. The lowest BCUT2D eigenvalue weighted by Crippen LogP contribution is -2.59. The molecule has 2 nitrogen and oxygen atoms in total. The Bertz CT molecular complexity index is 356. The summed E-state index contributed by atoms with van der Waals surface area (Å²) >= 11 is 0. The largest absolute Gasteiger partial charge is 0.305 e. The Hall–Kier alpha value is -1.22. The average molecular weight is 220 g/mol. The molecule has 0 N–H and O–H groups in total. The molecule has 0 bridgehead atoms. The van der Waals surface area contributed by atoms with E-state index in [1.807, 2.05) is 37.3 Å². The van der Waals surface area contributed by atoms with Crippen molar-refractivity contribution < 1.29 is 9.59 Å². The molecule has 1 rings (SSSR count). The maximum Gasteiger partial charge on any atom is 0.236 e. The van der Waals surface area contributed by atoms with E-state index in [0.29, 0.717) is 6.04 Å². The molecule has 0 aliphatic heterocycles. The molecular formula is C12H16O2Si. The Morgan fingerprint density at radius 3 is 1.87 bits per heavy atom. The topological polar surface area (TPSA) is 34.1 Å². The van der Waals surface area contributed by atoms with Crippen molar-refractivity contribution in [2.75, 3.05) is 0 Å². The molecule has 0 spiro atoms. The van der Waals surface area contributed by atoms with Crippen LogP contribution in [0.3, 0.4) is 0 Å². The van der Waals surface area contributed by atoms with Gasteiger partial charge in [-0.2, -0.15) is 0 Å². The molecule has 3 heteroatoms. The van der Waals surface area contributed by atoms with Crippen LogP contribution in [0.1, 0.15) is 20.8 Å². The SMILES string of the molecule is CC[Si](C(C)=O)(C(C)=O)c1ccccc1. The monoisotopic (exact) mass is 220 g/mol. The smallest absolute Gasteiger partial charge is 0.236 e. The Morgan fingerprint density at radius 2 is 1.53 bits per heavy atom. The van der Waals surface area contributed by atoms with E-state index in [0.717, 1.165) is 5.19 Å². The van der Waals surface area contributed by atoms with Gasteiger partial charge in [0.2, 0.25) is 8.07 Å². The third-order valence-corrected chi connectivity index (χ3v) is 7.78. The molecule has 1 aromatic carbocycles. The molecule has 0 heterocycles. The Morgan fingerprint density at radius 1 is 1.07 bits per heavy atom. The van der Waals surface area contributed by atoms with Gasteiger partial charge in [0, 0.05) is 0 Å². The van der Waals surface area contributed by atoms with Gasteiger partial charge in [-0.05, 0) is 25.1 Å². The van der Waals surface area contributed by atoms with Gasteiger partial charge < -0.3 is 9.59 Å². The van der Waals surface area contributed by atoms with Crippen molar-refractivity contribution >= 4 is 24.1 Å². The predicted molar refractivity (Wildman–Crippen MR) is 63.7 cm³/mol. The summed E-state index contributed by atoms with van der Waals surface area (Å²) in [4.78, 5) is 23.6. The first-order valence-corrected chi connectivity index (χ1v) is 7.34. The minimum atomic E-state index is -2.58. The molecule has 15 heavy (non-hydrogen) atoms. The second-order valence-corrected chi connectivity index (χ2v) is 8.24. The highest BCUT2D eigenvalue weighted by molar-refractivity contribution is 7.31. The molecule has 80 valence electrons. The number of rotatable bonds is 4. The fraction of sp³-hybridized carbons (Fsp3) is 0.333. The molecule has 0 aliphatic rings. The number of benzene rings is 1. The Balaban J connectivity index is 3.35. The fourth-order valence-electron chi connectivity index (χ4n) is 2.08. The summed E-state index contributed by atoms with van der Waals surface area (Å²) < 4.78 is 0. The van der Waals surface area contributed by atoms with Gasteiger partial charge >= 0.3 is 0 Å². The summed E-state index contributed by atoms with van der Waals surface area (Å²) in [7, 11) is -2.58. The number of hydrogen-bond donors (Lipinski definition) is 0. The van der Waals surface area contributed by atoms with Crippen LogP contribution in [0.2, 0.25) is 6.04 Å². The van der Waals surface area contributed by atoms with Crippen LogP contribution in [0.5, 0.6) is 0 Å². The summed E-state index contributed by atoms with van der Waals surface area (Å²) in [6.45, 7) is 5.02. The highest BCUT2D eigenvalue weighted by Gasteiger charge is 2.43. The van der Waals surface area contributed by atoms with Gasteiger partial charge in [0.05, 0.1) is 0 Å². The van der Waals surface area contributed by atoms with Gasteiger partial charge in [0.25, 0.3) is 0 Å². The summed E-state index contributed by atoms with van der Waals surface area (Å²) in [5, 5.41) is 1.06. The zero-order valence-electron chi connectivity index (χ0n) is 9.41. The normalized spacial score (nSPS) is 11.1. The quantitative estimate of drug-likeness (QED) is 0.723. The van der Waals surface area contributed by atoms with Crippen molar-refractivity contribution in [3.05, 3.63) is 30.3 Å². The van der Waals surface area contributed by atoms with Crippen LogP contribution in [0.25, 0.3) is 0 Å². The molecular weight excluding hydrogens is 204 g/mol. The van der Waals surface area contributed by atoms with Crippen LogP contribution >= 0.6 is 0 Å². The summed E-state index contributed by atoms with van der Waals surface area (Å²) in [5.74, 6) is 0. The third-order valence-electron chi connectivity index (χ3n) is 3.00. The van der Waals surface area contributed by atoms with Crippen LogP contribution in [0, 0.1) is 0 Å². The predicted octanol–water partition coefficient (Wildman–Crippen LogP) is 1.62. The summed E-state index contributed by atoms with van der Waals surface area (Å²) in [6, 6.07) is 10.1. The van der Waals surface area contributed by atoms with Crippen molar-refractivity contribution in [2.24, 2.45) is 0 Å². The Labute approximate surface area is 91.3 Å². The minimum Gasteiger partial charge on any atom is -0.305 e. The number of carbonyl (C=O) groups is 2. The lowest BCUT2D eigenvalue weighted by Gasteiger charge is -2.24. The van der Waals surface area contributed by atoms with E-state index in [4.69, 9.17) is 0 Å². The van der Waals surface area contributed by atoms with E-state index < -0.39 is 8.07 Å². The standard InChI is InChI=1S/C12H16O2Si/c1-4-15(10(2)13,11(3)14)12-8-6-5-7-9-12/h5-9H,4H2,1-3H3. The van der Waals surface area contributed by atoms with E-state index in [2.05, 4.69) is 0 Å². The maximum absolute atomic E-state index is 11.8. The molecule has 0 radical (unpaired) electrons. The molecule has 0 amide bonds. The second kappa shape index (κ2) is 4.53. The van der Waals surface area contributed by atoms with Gasteiger partial charge in [-0.25, -0.2) is 0 Å². The molecule has 0 saturated heterocycles. The second-order valence-electron chi connectivity index (χ2n) is 3.74. The lowest BCUT2D eigenvalue weighted by atomic mass is 10.4. The highest BCUT2D eigenvalue weighted by atomic mass is 28.3. The fourth-order valence-corrected chi connectivity index (χ4v) is 5.55. The average Bonchev–Trinajstić information content (AvgIpc) is 2.20. The molecule has 0 unspecified atom stereocenters. The van der Waals surface area contributed by atoms with Crippen LogP contribution in [-0.2, 0) is 9.59 Å². The molecule has 1 aromatic rings. The summed E-state index contributed by atoms with van der Waals surface area (Å²) in [5.41, 5.74) is 0. The van der Waals surface area contributed by atoms with Crippen LogP contribution in [0.4, 0.5) is 0 Å². The van der Waals surface area contributed by atoms with Gasteiger partial charge in [0.1, 0.15) is 10.8 Å². The van der Waals surface area contributed by atoms with Gasteiger partial charge in [-0.3, -0.25) is 0 Å². The molecule has 0 fully saturated rings. The first-order chi connectivity index (χ1) is 7.05. The van der Waals surface area contributed by atoms with Crippen molar-refractivity contribution in [1.29, 1.82) is 0 Å². The van der Waals surface area contributed by atoms with Crippen molar-refractivity contribution in [1.82, 2.24) is 0 Å². The first-order valence-electron chi connectivity index (χ1n) is 5.13. The van der Waals surface area contributed by atoms with E-state index in [9.17, 15) is 9.59 Å². The highest BCUT2D eigenvalue weighted by Crippen LogP contribution is 2.12. The van der Waals surface area contributed by atoms with Gasteiger partial charge in [0.15, 0.2) is 0 Å². The van der Waals surface area contributed by atoms with Crippen LogP contribution in [-0.4, -0.2) is 18.9 Å². The zero-order chi connectivity index (χ0) is 11.5. The summed E-state index contributed by atoms with van der Waals surface area (Å²) in [6.07, 6.45) is 0.